The maximum Gasteiger partial charge on any atom is 0.416 e. The molecule has 4 nitrogen and oxygen atoms in total. The maximum atomic E-state index is 13.1. The minimum Gasteiger partial charge on any atom is -0.489 e. The van der Waals surface area contributed by atoms with Gasteiger partial charge in [0.1, 0.15) is 5.82 Å². The van der Waals surface area contributed by atoms with Gasteiger partial charge in [0, 0.05) is 11.3 Å². The Hall–Kier alpha value is -3.88. The summed E-state index contributed by atoms with van der Waals surface area (Å²) in [6.07, 6.45) is 2.08. The van der Waals surface area contributed by atoms with Gasteiger partial charge in [0.25, 0.3) is 0 Å². The minimum atomic E-state index is -4.44. The van der Waals surface area contributed by atoms with Gasteiger partial charge in [0.2, 0.25) is 0 Å². The number of benzene rings is 3. The molecule has 1 aliphatic carbocycles. The number of halogens is 5. The summed E-state index contributed by atoms with van der Waals surface area (Å²) in [6.45, 7) is -2.61. The van der Waals surface area contributed by atoms with E-state index in [2.05, 4.69) is 4.98 Å². The molecule has 37 heavy (non-hydrogen) atoms. The number of aromatic nitrogens is 2. The largest absolute Gasteiger partial charge is 0.489 e. The normalized spacial score (nSPS) is 14.4. The highest BCUT2D eigenvalue weighted by molar-refractivity contribution is 5.83. The van der Waals surface area contributed by atoms with Gasteiger partial charge < -0.3 is 9.47 Å². The number of hydrogen-bond acceptors (Lipinski definition) is 3. The summed E-state index contributed by atoms with van der Waals surface area (Å²) >= 11 is 0. The second-order valence-corrected chi connectivity index (χ2v) is 8.83. The van der Waals surface area contributed by atoms with Crippen LogP contribution in [0.15, 0.2) is 66.7 Å². The van der Waals surface area contributed by atoms with Crippen LogP contribution in [-0.2, 0) is 6.18 Å². The molecule has 3 aromatic carbocycles. The van der Waals surface area contributed by atoms with Crippen LogP contribution >= 0.6 is 0 Å². The maximum absolute atomic E-state index is 13.1. The number of fused-ring (bicyclic) bond motifs is 1. The van der Waals surface area contributed by atoms with Gasteiger partial charge in [-0.15, -0.1) is 0 Å². The van der Waals surface area contributed by atoms with Gasteiger partial charge in [-0.3, -0.25) is 4.57 Å². The molecule has 192 valence electrons. The highest BCUT2D eigenvalue weighted by Crippen LogP contribution is 2.36. The smallest absolute Gasteiger partial charge is 0.416 e. The number of ether oxygens (including phenoxy) is 2. The zero-order valence-corrected chi connectivity index (χ0v) is 19.6. The Morgan fingerprint density at radius 1 is 0.946 bits per heavy atom. The molecule has 0 N–H and O–H groups in total. The lowest BCUT2D eigenvalue weighted by atomic mass is 9.86. The zero-order valence-electron chi connectivity index (χ0n) is 19.6. The molecular weight excluding hydrogens is 491 g/mol. The fourth-order valence-corrected chi connectivity index (χ4v) is 4.26. The molecule has 0 unspecified atom stereocenters. The van der Waals surface area contributed by atoms with E-state index in [4.69, 9.17) is 9.47 Å². The third kappa shape index (κ3) is 5.45. The minimum absolute atomic E-state index is 0.0623. The third-order valence-corrected chi connectivity index (χ3v) is 6.37. The molecule has 1 saturated carbocycles. The Balaban J connectivity index is 1.54. The fourth-order valence-electron chi connectivity index (χ4n) is 4.26. The van der Waals surface area contributed by atoms with Crippen LogP contribution in [0.3, 0.4) is 0 Å². The quantitative estimate of drug-likeness (QED) is 0.224. The summed E-state index contributed by atoms with van der Waals surface area (Å²) in [5.41, 5.74) is 1.62. The molecule has 9 heteroatoms. The van der Waals surface area contributed by atoms with Crippen LogP contribution in [0.25, 0.3) is 28.9 Å². The van der Waals surface area contributed by atoms with Gasteiger partial charge in [-0.1, -0.05) is 30.7 Å². The van der Waals surface area contributed by atoms with E-state index in [9.17, 15) is 22.0 Å². The van der Waals surface area contributed by atoms with Crippen molar-refractivity contribution in [2.45, 2.75) is 32.1 Å². The number of nitrogens with zero attached hydrogens (tertiary/aromatic N) is 2. The van der Waals surface area contributed by atoms with Crippen molar-refractivity contribution in [2.75, 3.05) is 6.61 Å². The molecule has 0 atom stereocenters. The number of imidazole rings is 1. The predicted octanol–water partition coefficient (Wildman–Crippen LogP) is 8.00. The number of hydrogen-bond donors (Lipinski definition) is 0. The first-order chi connectivity index (χ1) is 17.8. The van der Waals surface area contributed by atoms with E-state index in [0.717, 1.165) is 31.4 Å². The molecule has 1 heterocycles. The summed E-state index contributed by atoms with van der Waals surface area (Å²) < 4.78 is 77.7. The summed E-state index contributed by atoms with van der Waals surface area (Å²) in [5, 5.41) is 0. The first-order valence-electron chi connectivity index (χ1n) is 11.8. The van der Waals surface area contributed by atoms with Crippen molar-refractivity contribution < 1.29 is 31.4 Å². The van der Waals surface area contributed by atoms with Gasteiger partial charge in [-0.25, -0.2) is 4.98 Å². The van der Waals surface area contributed by atoms with Gasteiger partial charge in [-0.2, -0.15) is 22.0 Å². The van der Waals surface area contributed by atoms with E-state index in [1.165, 1.54) is 18.2 Å². The molecule has 0 spiro atoms. The molecule has 0 aliphatic heterocycles. The summed E-state index contributed by atoms with van der Waals surface area (Å²) in [4.78, 5) is 4.63. The number of para-hydroxylation sites is 3. The first-order valence-corrected chi connectivity index (χ1v) is 11.8. The van der Waals surface area contributed by atoms with Crippen molar-refractivity contribution in [2.24, 2.45) is 5.92 Å². The number of rotatable bonds is 8. The molecular formula is C28H23F5N2O2. The van der Waals surface area contributed by atoms with E-state index in [1.54, 1.807) is 34.9 Å². The first kappa shape index (κ1) is 24.8. The van der Waals surface area contributed by atoms with Crippen LogP contribution in [0, 0.1) is 5.92 Å². The van der Waals surface area contributed by atoms with Crippen molar-refractivity contribution in [3.8, 4) is 17.2 Å². The molecule has 4 aromatic rings. The lowest BCUT2D eigenvalue weighted by Crippen LogP contribution is -2.20. The Labute approximate surface area is 210 Å². The summed E-state index contributed by atoms with van der Waals surface area (Å²) in [6, 6.07) is 16.8. The van der Waals surface area contributed by atoms with Crippen molar-refractivity contribution in [1.29, 1.82) is 0 Å². The van der Waals surface area contributed by atoms with E-state index < -0.39 is 18.4 Å². The fraction of sp³-hybridized carbons (Fsp3) is 0.250. The molecule has 1 aromatic heterocycles. The highest BCUT2D eigenvalue weighted by atomic mass is 19.4. The van der Waals surface area contributed by atoms with Crippen LogP contribution < -0.4 is 9.47 Å². The van der Waals surface area contributed by atoms with Gasteiger partial charge >= 0.3 is 12.8 Å². The van der Waals surface area contributed by atoms with E-state index in [-0.39, 0.29) is 11.5 Å². The van der Waals surface area contributed by atoms with Crippen molar-refractivity contribution in [1.82, 2.24) is 9.55 Å². The molecule has 0 bridgehead atoms. The Kier molecular flexibility index (Phi) is 6.86. The van der Waals surface area contributed by atoms with Crippen LogP contribution in [-0.4, -0.2) is 22.8 Å². The summed E-state index contributed by atoms with van der Waals surface area (Å²) in [7, 11) is 0. The molecule has 0 amide bonds. The Morgan fingerprint density at radius 3 is 2.38 bits per heavy atom. The lowest BCUT2D eigenvalue weighted by molar-refractivity contribution is -0.137. The topological polar surface area (TPSA) is 36.3 Å². The molecule has 1 aliphatic rings. The van der Waals surface area contributed by atoms with E-state index >= 15 is 0 Å². The molecule has 0 saturated heterocycles. The van der Waals surface area contributed by atoms with Gasteiger partial charge in [0.05, 0.1) is 23.2 Å². The Bertz CT molecular complexity index is 1410. The standard InChI is InChI=1S/C28H23F5N2O2/c29-27(30)37-24-10-4-7-19(26(24)36-17-18-5-3-6-18)11-16-25-34-22-8-1-2-9-23(22)35(25)21-14-12-20(13-15-21)28(31,32)33/h1-2,4,7-16,18,27H,3,5-6,17H2/b16-11+. The van der Waals surface area contributed by atoms with Crippen molar-refractivity contribution in [3.63, 3.8) is 0 Å². The zero-order chi connectivity index (χ0) is 26.0. The van der Waals surface area contributed by atoms with E-state index in [0.29, 0.717) is 40.6 Å². The average Bonchev–Trinajstić information content (AvgIpc) is 3.20. The van der Waals surface area contributed by atoms with Crippen molar-refractivity contribution >= 4 is 23.2 Å². The highest BCUT2D eigenvalue weighted by Gasteiger charge is 2.30. The molecule has 5 rings (SSSR count). The second-order valence-electron chi connectivity index (χ2n) is 8.83. The van der Waals surface area contributed by atoms with Crippen molar-refractivity contribution in [3.05, 3.63) is 83.7 Å². The molecule has 1 fully saturated rings. The third-order valence-electron chi connectivity index (χ3n) is 6.37. The van der Waals surface area contributed by atoms with Crippen LogP contribution in [0.1, 0.15) is 36.2 Å². The molecule has 0 radical (unpaired) electrons. The van der Waals surface area contributed by atoms with Crippen LogP contribution in [0.4, 0.5) is 22.0 Å². The number of alkyl halides is 5. The predicted molar refractivity (Wildman–Crippen MR) is 131 cm³/mol. The SMILES string of the molecule is FC(F)Oc1cccc(/C=C/c2nc3ccccc3n2-c2ccc(C(F)(F)F)cc2)c1OCC1CCC1. The second kappa shape index (κ2) is 10.2. The van der Waals surface area contributed by atoms with Gasteiger partial charge in [-0.05, 0) is 73.4 Å². The summed E-state index contributed by atoms with van der Waals surface area (Å²) in [5.74, 6) is 0.974. The lowest BCUT2D eigenvalue weighted by Gasteiger charge is -2.26. The van der Waals surface area contributed by atoms with Crippen LogP contribution in [0.5, 0.6) is 11.5 Å². The van der Waals surface area contributed by atoms with E-state index in [1.807, 2.05) is 18.2 Å². The van der Waals surface area contributed by atoms with Crippen LogP contribution in [0.2, 0.25) is 0 Å². The Morgan fingerprint density at radius 2 is 1.70 bits per heavy atom. The monoisotopic (exact) mass is 514 g/mol. The average molecular weight is 514 g/mol. The van der Waals surface area contributed by atoms with Gasteiger partial charge in [0.15, 0.2) is 11.5 Å².